The first-order valence-corrected chi connectivity index (χ1v) is 7.59. The molecule has 1 heterocycles. The van der Waals surface area contributed by atoms with Crippen LogP contribution in [0.3, 0.4) is 0 Å². The molecule has 0 saturated carbocycles. The number of aryl methyl sites for hydroxylation is 2. The largest absolute Gasteiger partial charge is 0.493 e. The highest BCUT2D eigenvalue weighted by atomic mass is 16.5. The molecule has 0 radical (unpaired) electrons. The second kappa shape index (κ2) is 5.53. The van der Waals surface area contributed by atoms with E-state index in [0.717, 1.165) is 37.2 Å². The summed E-state index contributed by atoms with van der Waals surface area (Å²) in [7, 11) is 0. The minimum absolute atomic E-state index is 0.718. The summed E-state index contributed by atoms with van der Waals surface area (Å²) in [5, 5.41) is 10.7. The number of fused-ring (bicyclic) bond motifs is 1. The first-order valence-electron chi connectivity index (χ1n) is 7.59. The molecule has 2 aromatic carbocycles. The second-order valence-electron chi connectivity index (χ2n) is 6.18. The Bertz CT molecular complexity index is 627. The van der Waals surface area contributed by atoms with Crippen LogP contribution in [0.15, 0.2) is 42.5 Å². The van der Waals surface area contributed by atoms with Crippen molar-refractivity contribution in [1.29, 1.82) is 0 Å². The molecule has 0 amide bonds. The van der Waals surface area contributed by atoms with E-state index in [2.05, 4.69) is 37.3 Å². The third kappa shape index (κ3) is 3.11. The Morgan fingerprint density at radius 1 is 1.14 bits per heavy atom. The number of hydrogen-bond acceptors (Lipinski definition) is 2. The number of rotatable bonds is 4. The van der Waals surface area contributed by atoms with Crippen LogP contribution in [0.1, 0.15) is 35.6 Å². The Morgan fingerprint density at radius 3 is 2.67 bits per heavy atom. The van der Waals surface area contributed by atoms with Gasteiger partial charge in [0.15, 0.2) is 0 Å². The van der Waals surface area contributed by atoms with E-state index in [-0.39, 0.29) is 0 Å². The maximum absolute atomic E-state index is 10.7. The van der Waals surface area contributed by atoms with Crippen molar-refractivity contribution in [2.24, 2.45) is 0 Å². The molecule has 2 heteroatoms. The lowest BCUT2D eigenvalue weighted by atomic mass is 9.89. The van der Waals surface area contributed by atoms with Crippen LogP contribution in [0, 0.1) is 6.92 Å². The summed E-state index contributed by atoms with van der Waals surface area (Å²) in [6, 6.07) is 14.5. The van der Waals surface area contributed by atoms with Gasteiger partial charge >= 0.3 is 0 Å². The van der Waals surface area contributed by atoms with E-state index in [0.29, 0.717) is 0 Å². The van der Waals surface area contributed by atoms with Gasteiger partial charge in [-0.15, -0.1) is 0 Å². The maximum Gasteiger partial charge on any atom is 0.122 e. The predicted molar refractivity (Wildman–Crippen MR) is 84.7 cm³/mol. The molecule has 21 heavy (non-hydrogen) atoms. The molecule has 0 aromatic heterocycles. The van der Waals surface area contributed by atoms with E-state index < -0.39 is 5.60 Å². The molecule has 0 bridgehead atoms. The van der Waals surface area contributed by atoms with E-state index >= 15 is 0 Å². The zero-order chi connectivity index (χ0) is 14.9. The Balaban J connectivity index is 1.70. The summed E-state index contributed by atoms with van der Waals surface area (Å²) in [5.41, 5.74) is 3.98. The van der Waals surface area contributed by atoms with Gasteiger partial charge in [-0.1, -0.05) is 42.0 Å². The third-order valence-corrected chi connectivity index (χ3v) is 4.33. The lowest BCUT2D eigenvalue weighted by Gasteiger charge is -2.24. The van der Waals surface area contributed by atoms with Gasteiger partial charge in [0.2, 0.25) is 0 Å². The van der Waals surface area contributed by atoms with Gasteiger partial charge in [-0.05, 0) is 49.4 Å². The highest BCUT2D eigenvalue weighted by molar-refractivity contribution is 5.40. The lowest BCUT2D eigenvalue weighted by Crippen LogP contribution is -2.22. The van der Waals surface area contributed by atoms with Gasteiger partial charge in [0.05, 0.1) is 12.2 Å². The Labute approximate surface area is 126 Å². The zero-order valence-corrected chi connectivity index (χ0v) is 12.7. The van der Waals surface area contributed by atoms with E-state index in [4.69, 9.17) is 4.74 Å². The Morgan fingerprint density at radius 2 is 1.90 bits per heavy atom. The van der Waals surface area contributed by atoms with Crippen molar-refractivity contribution in [2.45, 2.75) is 38.7 Å². The molecule has 0 fully saturated rings. The molecule has 2 nitrogen and oxygen atoms in total. The summed E-state index contributed by atoms with van der Waals surface area (Å²) in [4.78, 5) is 0. The summed E-state index contributed by atoms with van der Waals surface area (Å²) in [6.07, 6.45) is 2.58. The van der Waals surface area contributed by atoms with Crippen LogP contribution >= 0.6 is 0 Å². The molecule has 1 aliphatic heterocycles. The lowest BCUT2D eigenvalue weighted by molar-refractivity contribution is 0.0480. The standard InChI is InChI=1S/C19H22O2/c1-14-3-6-17(7-4-14)19(2,20)11-9-15-5-8-18-16(13-15)10-12-21-18/h3-8,13,20H,9-12H2,1-2H3. The Kier molecular flexibility index (Phi) is 3.73. The molecule has 110 valence electrons. The molecular weight excluding hydrogens is 260 g/mol. The van der Waals surface area contributed by atoms with Gasteiger partial charge in [0, 0.05) is 6.42 Å². The molecule has 2 aromatic rings. The van der Waals surface area contributed by atoms with Crippen LogP contribution in [-0.4, -0.2) is 11.7 Å². The van der Waals surface area contributed by atoms with Gasteiger partial charge in [-0.2, -0.15) is 0 Å². The summed E-state index contributed by atoms with van der Waals surface area (Å²) in [5.74, 6) is 1.02. The summed E-state index contributed by atoms with van der Waals surface area (Å²) >= 11 is 0. The fraction of sp³-hybridized carbons (Fsp3) is 0.368. The number of ether oxygens (including phenoxy) is 1. The topological polar surface area (TPSA) is 29.5 Å². The van der Waals surface area contributed by atoms with E-state index in [1.54, 1.807) is 0 Å². The van der Waals surface area contributed by atoms with Crippen molar-refractivity contribution in [1.82, 2.24) is 0 Å². The third-order valence-electron chi connectivity index (χ3n) is 4.33. The van der Waals surface area contributed by atoms with Gasteiger partial charge in [0.25, 0.3) is 0 Å². The molecule has 1 aliphatic rings. The first-order chi connectivity index (χ1) is 10.0. The molecule has 1 unspecified atom stereocenters. The van der Waals surface area contributed by atoms with Crippen molar-refractivity contribution in [3.05, 3.63) is 64.7 Å². The quantitative estimate of drug-likeness (QED) is 0.925. The van der Waals surface area contributed by atoms with Crippen molar-refractivity contribution in [2.75, 3.05) is 6.61 Å². The fourth-order valence-corrected chi connectivity index (χ4v) is 2.84. The molecule has 3 rings (SSSR count). The maximum atomic E-state index is 10.7. The smallest absolute Gasteiger partial charge is 0.122 e. The van der Waals surface area contributed by atoms with Crippen LogP contribution in [0.25, 0.3) is 0 Å². The fourth-order valence-electron chi connectivity index (χ4n) is 2.84. The van der Waals surface area contributed by atoms with Gasteiger partial charge in [-0.25, -0.2) is 0 Å². The molecule has 1 atom stereocenters. The summed E-state index contributed by atoms with van der Waals surface area (Å²) < 4.78 is 5.53. The molecule has 0 saturated heterocycles. The van der Waals surface area contributed by atoms with Gasteiger partial charge < -0.3 is 9.84 Å². The van der Waals surface area contributed by atoms with E-state index in [1.807, 2.05) is 19.1 Å². The normalized spacial score (nSPS) is 16.1. The van der Waals surface area contributed by atoms with Crippen LogP contribution in [-0.2, 0) is 18.4 Å². The molecule has 0 spiro atoms. The number of aliphatic hydroxyl groups is 1. The van der Waals surface area contributed by atoms with Gasteiger partial charge in [-0.3, -0.25) is 0 Å². The molecule has 0 aliphatic carbocycles. The Hall–Kier alpha value is -1.80. The SMILES string of the molecule is Cc1ccc(C(C)(O)CCc2ccc3c(c2)CCO3)cc1. The number of benzene rings is 2. The average molecular weight is 282 g/mol. The van der Waals surface area contributed by atoms with E-state index in [9.17, 15) is 5.11 Å². The van der Waals surface area contributed by atoms with Crippen molar-refractivity contribution in [3.63, 3.8) is 0 Å². The van der Waals surface area contributed by atoms with Crippen molar-refractivity contribution < 1.29 is 9.84 Å². The highest BCUT2D eigenvalue weighted by Gasteiger charge is 2.23. The molecular formula is C19H22O2. The average Bonchev–Trinajstić information content (AvgIpc) is 2.93. The van der Waals surface area contributed by atoms with E-state index in [1.165, 1.54) is 16.7 Å². The van der Waals surface area contributed by atoms with Crippen LogP contribution in [0.4, 0.5) is 0 Å². The minimum atomic E-state index is -0.788. The van der Waals surface area contributed by atoms with Crippen LogP contribution < -0.4 is 4.74 Å². The van der Waals surface area contributed by atoms with Crippen molar-refractivity contribution >= 4 is 0 Å². The number of hydrogen-bond donors (Lipinski definition) is 1. The minimum Gasteiger partial charge on any atom is -0.493 e. The first kappa shape index (κ1) is 14.2. The van der Waals surface area contributed by atoms with Crippen LogP contribution in [0.2, 0.25) is 0 Å². The van der Waals surface area contributed by atoms with Crippen molar-refractivity contribution in [3.8, 4) is 5.75 Å². The highest BCUT2D eigenvalue weighted by Crippen LogP contribution is 2.29. The monoisotopic (exact) mass is 282 g/mol. The second-order valence-corrected chi connectivity index (χ2v) is 6.18. The zero-order valence-electron chi connectivity index (χ0n) is 12.7. The predicted octanol–water partition coefficient (Wildman–Crippen LogP) is 3.77. The van der Waals surface area contributed by atoms with Gasteiger partial charge in [0.1, 0.15) is 5.75 Å². The molecule has 1 N–H and O–H groups in total. The summed E-state index contributed by atoms with van der Waals surface area (Å²) in [6.45, 7) is 4.75. The van der Waals surface area contributed by atoms with Crippen LogP contribution in [0.5, 0.6) is 5.75 Å².